The van der Waals surface area contributed by atoms with Gasteiger partial charge in [0.15, 0.2) is 5.58 Å². The number of rotatable bonds is 5. The first-order valence-corrected chi connectivity index (χ1v) is 11.0. The summed E-state index contributed by atoms with van der Waals surface area (Å²) in [5.74, 6) is 0.159. The van der Waals surface area contributed by atoms with Crippen molar-refractivity contribution in [3.8, 4) is 11.5 Å². The van der Waals surface area contributed by atoms with E-state index < -0.39 is 10.0 Å². The van der Waals surface area contributed by atoms with Crippen molar-refractivity contribution in [2.24, 2.45) is 0 Å². The fraction of sp³-hybridized carbons (Fsp3) is 0.130. The summed E-state index contributed by atoms with van der Waals surface area (Å²) in [5, 5.41) is 2.80. The molecule has 1 aromatic heterocycles. The Balaban J connectivity index is 1.55. The van der Waals surface area contributed by atoms with Crippen LogP contribution in [0.4, 0.5) is 5.69 Å². The summed E-state index contributed by atoms with van der Waals surface area (Å²) in [4.78, 5) is 17.2. The lowest BCUT2D eigenvalue weighted by atomic mass is 10.1. The Morgan fingerprint density at radius 2 is 1.74 bits per heavy atom. The topological polar surface area (TPSA) is 92.5 Å². The lowest BCUT2D eigenvalue weighted by Crippen LogP contribution is -2.22. The molecule has 0 spiro atoms. The molecule has 0 atom stereocenters. The average Bonchev–Trinajstić information content (AvgIpc) is 3.17. The Bertz CT molecular complexity index is 1370. The smallest absolute Gasteiger partial charge is 0.255 e. The molecular weight excluding hydrogens is 414 g/mol. The monoisotopic (exact) mass is 435 g/mol. The van der Waals surface area contributed by atoms with Gasteiger partial charge in [-0.05, 0) is 55.5 Å². The van der Waals surface area contributed by atoms with E-state index in [0.29, 0.717) is 28.2 Å². The van der Waals surface area contributed by atoms with Crippen LogP contribution in [0.3, 0.4) is 0 Å². The molecule has 1 N–H and O–H groups in total. The number of aromatic nitrogens is 1. The highest BCUT2D eigenvalue weighted by Crippen LogP contribution is 2.27. The van der Waals surface area contributed by atoms with Crippen LogP contribution < -0.4 is 5.32 Å². The van der Waals surface area contributed by atoms with Gasteiger partial charge in [-0.2, -0.15) is 0 Å². The molecule has 8 heteroatoms. The summed E-state index contributed by atoms with van der Waals surface area (Å²) in [6, 6.07) is 18.9. The number of oxazole rings is 1. The van der Waals surface area contributed by atoms with Crippen molar-refractivity contribution in [2.45, 2.75) is 11.8 Å². The fourth-order valence-electron chi connectivity index (χ4n) is 3.10. The number of carbonyl (C=O) groups is 1. The number of hydrogen-bond acceptors (Lipinski definition) is 5. The molecule has 0 saturated carbocycles. The van der Waals surface area contributed by atoms with E-state index in [1.54, 1.807) is 18.2 Å². The molecule has 1 heterocycles. The summed E-state index contributed by atoms with van der Waals surface area (Å²) in [7, 11) is -0.627. The normalized spacial score (nSPS) is 11.7. The predicted octanol–water partition coefficient (Wildman–Crippen LogP) is 4.31. The van der Waals surface area contributed by atoms with Gasteiger partial charge in [-0.25, -0.2) is 17.7 Å². The number of nitrogens with zero attached hydrogens (tertiary/aromatic N) is 2. The van der Waals surface area contributed by atoms with Crippen LogP contribution in [0.25, 0.3) is 22.6 Å². The van der Waals surface area contributed by atoms with Crippen LogP contribution in [0, 0.1) is 6.92 Å². The van der Waals surface area contributed by atoms with E-state index in [1.165, 1.54) is 38.4 Å². The second kappa shape index (κ2) is 7.98. The number of nitrogens with one attached hydrogen (secondary N) is 1. The van der Waals surface area contributed by atoms with Gasteiger partial charge in [-0.15, -0.1) is 0 Å². The number of anilines is 1. The van der Waals surface area contributed by atoms with Crippen LogP contribution in [-0.4, -0.2) is 37.7 Å². The van der Waals surface area contributed by atoms with E-state index in [0.717, 1.165) is 15.4 Å². The number of aryl methyl sites for hydroxylation is 1. The van der Waals surface area contributed by atoms with Crippen LogP contribution in [0.5, 0.6) is 0 Å². The Morgan fingerprint density at radius 1 is 1.00 bits per heavy atom. The minimum atomic E-state index is -3.54. The second-order valence-corrected chi connectivity index (χ2v) is 9.49. The van der Waals surface area contributed by atoms with Gasteiger partial charge >= 0.3 is 0 Å². The first kappa shape index (κ1) is 20.8. The van der Waals surface area contributed by atoms with E-state index in [-0.39, 0.29) is 10.8 Å². The van der Waals surface area contributed by atoms with Gasteiger partial charge in [0, 0.05) is 37.0 Å². The van der Waals surface area contributed by atoms with Gasteiger partial charge < -0.3 is 9.73 Å². The molecule has 0 bridgehead atoms. The summed E-state index contributed by atoms with van der Waals surface area (Å²) >= 11 is 0. The number of benzene rings is 3. The van der Waals surface area contributed by atoms with Crippen molar-refractivity contribution in [1.29, 1.82) is 0 Å². The highest BCUT2D eigenvalue weighted by atomic mass is 32.2. The maximum absolute atomic E-state index is 12.6. The molecule has 0 unspecified atom stereocenters. The molecule has 0 aliphatic rings. The van der Waals surface area contributed by atoms with Crippen molar-refractivity contribution < 1.29 is 17.6 Å². The van der Waals surface area contributed by atoms with E-state index >= 15 is 0 Å². The molecule has 0 aliphatic carbocycles. The predicted molar refractivity (Wildman–Crippen MR) is 119 cm³/mol. The number of carbonyl (C=O) groups excluding carboxylic acids is 1. The quantitative estimate of drug-likeness (QED) is 0.504. The summed E-state index contributed by atoms with van der Waals surface area (Å²) in [6.45, 7) is 2.00. The third kappa shape index (κ3) is 4.21. The van der Waals surface area contributed by atoms with E-state index in [4.69, 9.17) is 4.42 Å². The van der Waals surface area contributed by atoms with E-state index in [1.807, 2.05) is 31.2 Å². The number of hydrogen-bond donors (Lipinski definition) is 1. The van der Waals surface area contributed by atoms with Crippen LogP contribution >= 0.6 is 0 Å². The van der Waals surface area contributed by atoms with Gasteiger partial charge in [-0.1, -0.05) is 17.7 Å². The molecule has 4 aromatic rings. The molecule has 0 radical (unpaired) electrons. The van der Waals surface area contributed by atoms with Crippen LogP contribution in [0.1, 0.15) is 15.9 Å². The standard InChI is InChI=1S/C23H21N3O4S/c1-15-5-4-6-17(13-15)23-25-20-12-9-18(14-21(20)30-23)24-22(27)16-7-10-19(11-8-16)31(28,29)26(2)3/h4-14H,1-3H3,(H,24,27). The van der Waals surface area contributed by atoms with Crippen LogP contribution in [-0.2, 0) is 10.0 Å². The zero-order valence-corrected chi connectivity index (χ0v) is 18.1. The molecule has 3 aromatic carbocycles. The lowest BCUT2D eigenvalue weighted by molar-refractivity contribution is 0.102. The molecular formula is C23H21N3O4S. The summed E-state index contributed by atoms with van der Waals surface area (Å²) in [5.41, 5.74) is 4.13. The molecule has 1 amide bonds. The average molecular weight is 436 g/mol. The van der Waals surface area contributed by atoms with Gasteiger partial charge in [0.1, 0.15) is 5.52 Å². The summed E-state index contributed by atoms with van der Waals surface area (Å²) < 4.78 is 31.3. The third-order valence-corrected chi connectivity index (χ3v) is 6.64. The first-order valence-electron chi connectivity index (χ1n) is 9.55. The van der Waals surface area contributed by atoms with Crippen molar-refractivity contribution in [2.75, 3.05) is 19.4 Å². The van der Waals surface area contributed by atoms with E-state index in [2.05, 4.69) is 10.3 Å². The fourth-order valence-corrected chi connectivity index (χ4v) is 4.00. The number of amides is 1. The molecule has 7 nitrogen and oxygen atoms in total. The van der Waals surface area contributed by atoms with Crippen molar-refractivity contribution in [1.82, 2.24) is 9.29 Å². The molecule has 4 rings (SSSR count). The molecule has 0 saturated heterocycles. The first-order chi connectivity index (χ1) is 14.7. The van der Waals surface area contributed by atoms with Crippen molar-refractivity contribution in [3.05, 3.63) is 77.9 Å². The highest BCUT2D eigenvalue weighted by Gasteiger charge is 2.18. The van der Waals surface area contributed by atoms with Crippen molar-refractivity contribution in [3.63, 3.8) is 0 Å². The maximum atomic E-state index is 12.6. The van der Waals surface area contributed by atoms with Gasteiger partial charge in [0.05, 0.1) is 4.90 Å². The number of sulfonamides is 1. The molecule has 158 valence electrons. The van der Waals surface area contributed by atoms with Gasteiger partial charge in [0.25, 0.3) is 5.91 Å². The Kier molecular flexibility index (Phi) is 5.34. The van der Waals surface area contributed by atoms with Crippen molar-refractivity contribution >= 4 is 32.7 Å². The maximum Gasteiger partial charge on any atom is 0.255 e. The third-order valence-electron chi connectivity index (χ3n) is 4.81. The van der Waals surface area contributed by atoms with Gasteiger partial charge in [-0.3, -0.25) is 4.79 Å². The van der Waals surface area contributed by atoms with Crippen LogP contribution in [0.2, 0.25) is 0 Å². The lowest BCUT2D eigenvalue weighted by Gasteiger charge is -2.11. The Labute approximate surface area is 180 Å². The minimum absolute atomic E-state index is 0.126. The Morgan fingerprint density at radius 3 is 2.42 bits per heavy atom. The molecule has 0 fully saturated rings. The summed E-state index contributed by atoms with van der Waals surface area (Å²) in [6.07, 6.45) is 0. The largest absolute Gasteiger partial charge is 0.436 e. The zero-order chi connectivity index (χ0) is 22.2. The minimum Gasteiger partial charge on any atom is -0.436 e. The molecule has 31 heavy (non-hydrogen) atoms. The van der Waals surface area contributed by atoms with E-state index in [9.17, 15) is 13.2 Å². The number of fused-ring (bicyclic) bond motifs is 1. The Hall–Kier alpha value is -3.49. The highest BCUT2D eigenvalue weighted by molar-refractivity contribution is 7.89. The molecule has 0 aliphatic heterocycles. The SMILES string of the molecule is Cc1cccc(-c2nc3ccc(NC(=O)c4ccc(S(=O)(=O)N(C)C)cc4)cc3o2)c1. The zero-order valence-electron chi connectivity index (χ0n) is 17.3. The van der Waals surface area contributed by atoms with Crippen LogP contribution in [0.15, 0.2) is 76.0 Å². The second-order valence-electron chi connectivity index (χ2n) is 7.34. The van der Waals surface area contributed by atoms with Gasteiger partial charge in [0.2, 0.25) is 15.9 Å².